The summed E-state index contributed by atoms with van der Waals surface area (Å²) in [6.07, 6.45) is 5.49. The van der Waals surface area contributed by atoms with E-state index in [4.69, 9.17) is 14.4 Å². The fraction of sp³-hybridized carbons (Fsp3) is 0.245. The number of fused-ring (bicyclic) bond motifs is 4. The maximum absolute atomic E-state index is 5.87. The largest absolute Gasteiger partial charge is 0.506 e. The van der Waals surface area contributed by atoms with Crippen LogP contribution in [0.3, 0.4) is 0 Å². The zero-order chi connectivity index (χ0) is 37.7. The van der Waals surface area contributed by atoms with Crippen molar-refractivity contribution in [3.05, 3.63) is 149 Å². The summed E-state index contributed by atoms with van der Waals surface area (Å²) >= 11 is 0. The summed E-state index contributed by atoms with van der Waals surface area (Å²) in [5, 5.41) is 4.37. The summed E-state index contributed by atoms with van der Waals surface area (Å²) in [7, 11) is 0. The molecule has 0 aliphatic heterocycles. The Kier molecular flexibility index (Phi) is 10.8. The van der Waals surface area contributed by atoms with Crippen LogP contribution in [0.2, 0.25) is 0 Å². The number of rotatable bonds is 3. The first kappa shape index (κ1) is 38.8. The molecule has 54 heavy (non-hydrogen) atoms. The van der Waals surface area contributed by atoms with E-state index in [-0.39, 0.29) is 30.9 Å². The maximum atomic E-state index is 5.87. The smallest absolute Gasteiger partial charge is 0.0847 e. The average molecular weight is 886 g/mol. The first-order valence-corrected chi connectivity index (χ1v) is 18.3. The van der Waals surface area contributed by atoms with Crippen molar-refractivity contribution in [2.24, 2.45) is 0 Å². The number of hydrogen-bond donors (Lipinski definition) is 0. The van der Waals surface area contributed by atoms with Crippen molar-refractivity contribution in [1.82, 2.24) is 15.0 Å². The zero-order valence-electron chi connectivity index (χ0n) is 32.9. The summed E-state index contributed by atoms with van der Waals surface area (Å²) in [4.78, 5) is 14.4. The van der Waals surface area contributed by atoms with Gasteiger partial charge in [0.05, 0.1) is 5.58 Å². The van der Waals surface area contributed by atoms with Crippen molar-refractivity contribution in [2.45, 2.75) is 80.1 Å². The molecule has 0 unspecified atom stereocenters. The second kappa shape index (κ2) is 15.1. The molecule has 0 fully saturated rings. The summed E-state index contributed by atoms with van der Waals surface area (Å²) in [5.41, 5.74) is 15.2. The summed E-state index contributed by atoms with van der Waals surface area (Å²) < 4.78 is 5.87. The van der Waals surface area contributed by atoms with Crippen molar-refractivity contribution >= 4 is 32.6 Å². The van der Waals surface area contributed by atoms with E-state index in [9.17, 15) is 0 Å². The van der Waals surface area contributed by atoms with Gasteiger partial charge in [-0.15, -0.1) is 41.0 Å². The normalized spacial score (nSPS) is 11.7. The van der Waals surface area contributed by atoms with Crippen molar-refractivity contribution < 1.29 is 24.5 Å². The average Bonchev–Trinajstić information content (AvgIpc) is 3.62. The minimum atomic E-state index is -0.0685. The van der Waals surface area contributed by atoms with Gasteiger partial charge < -0.3 is 9.40 Å². The number of nitrogens with zero attached hydrogens (tertiary/aromatic N) is 3. The van der Waals surface area contributed by atoms with Gasteiger partial charge in [-0.2, -0.15) is 0 Å². The number of furan rings is 1. The quantitative estimate of drug-likeness (QED) is 0.166. The predicted molar refractivity (Wildman–Crippen MR) is 221 cm³/mol. The van der Waals surface area contributed by atoms with Crippen LogP contribution in [0, 0.1) is 39.8 Å². The van der Waals surface area contributed by atoms with Gasteiger partial charge >= 0.3 is 0 Å². The molecule has 4 heterocycles. The van der Waals surface area contributed by atoms with E-state index < -0.39 is 0 Å². The van der Waals surface area contributed by atoms with Crippen LogP contribution < -0.4 is 0 Å². The van der Waals surface area contributed by atoms with E-state index in [2.05, 4.69) is 153 Å². The molecule has 5 heteroatoms. The van der Waals surface area contributed by atoms with Crippen molar-refractivity contribution in [2.75, 3.05) is 0 Å². The Morgan fingerprint density at radius 2 is 1.43 bits per heavy atom. The number of benzene rings is 4. The Morgan fingerprint density at radius 1 is 0.685 bits per heavy atom. The Balaban J connectivity index is 0.000000246. The second-order valence-corrected chi connectivity index (χ2v) is 16.3. The summed E-state index contributed by atoms with van der Waals surface area (Å²) in [6, 6.07) is 37.0. The van der Waals surface area contributed by atoms with E-state index in [0.29, 0.717) is 0 Å². The molecule has 8 rings (SSSR count). The third-order valence-electron chi connectivity index (χ3n) is 10.2. The van der Waals surface area contributed by atoms with Crippen molar-refractivity contribution in [3.8, 4) is 33.6 Å². The number of pyridine rings is 3. The number of hydrogen-bond acceptors (Lipinski definition) is 4. The molecule has 0 bridgehead atoms. The molecule has 0 aliphatic rings. The van der Waals surface area contributed by atoms with Crippen LogP contribution in [-0.4, -0.2) is 15.0 Å². The fourth-order valence-electron chi connectivity index (χ4n) is 6.54. The molecular weight excluding hydrogens is 839 g/mol. The Morgan fingerprint density at radius 3 is 2.15 bits per heavy atom. The molecule has 4 aromatic heterocycles. The van der Waals surface area contributed by atoms with Crippen LogP contribution in [0.4, 0.5) is 0 Å². The third kappa shape index (κ3) is 7.80. The molecule has 0 atom stereocenters. The second-order valence-electron chi connectivity index (χ2n) is 16.3. The monoisotopic (exact) mass is 886 g/mol. The van der Waals surface area contributed by atoms with E-state index in [1.54, 1.807) is 6.26 Å². The van der Waals surface area contributed by atoms with E-state index in [0.717, 1.165) is 61.2 Å². The first-order chi connectivity index (χ1) is 25.2. The number of aromatic nitrogens is 3. The molecule has 0 saturated heterocycles. The molecule has 0 aliphatic carbocycles. The van der Waals surface area contributed by atoms with Gasteiger partial charge in [-0.05, 0) is 76.2 Å². The molecule has 4 nitrogen and oxygen atoms in total. The molecule has 1 radical (unpaired) electrons. The van der Waals surface area contributed by atoms with Gasteiger partial charge in [0.2, 0.25) is 0 Å². The summed E-state index contributed by atoms with van der Waals surface area (Å²) in [6.45, 7) is 21.7. The fourth-order valence-corrected chi connectivity index (χ4v) is 6.54. The van der Waals surface area contributed by atoms with Crippen molar-refractivity contribution in [1.29, 1.82) is 0 Å². The van der Waals surface area contributed by atoms with E-state index in [1.807, 2.05) is 30.6 Å². The first-order valence-electron chi connectivity index (χ1n) is 18.3. The summed E-state index contributed by atoms with van der Waals surface area (Å²) in [5.74, 6) is 0. The molecule has 8 aromatic rings. The molecule has 0 spiro atoms. The van der Waals surface area contributed by atoms with Crippen molar-refractivity contribution in [3.63, 3.8) is 0 Å². The Labute approximate surface area is 333 Å². The van der Waals surface area contributed by atoms with E-state index in [1.165, 1.54) is 38.6 Å². The zero-order valence-corrected chi connectivity index (χ0v) is 35.3. The minimum absolute atomic E-state index is 0. The Hall–Kier alpha value is -4.96. The SMILES string of the molecule is CC(C)(C)c1ccc2cc(-c3cccnc3-c3[c-]c4ccoc4c4nc(C(C)(C)C)ccc34)ccc2c1.Cc1c[c-]c(-c2cc(C)c(C)cn2)cc1C.[Ir]. The van der Waals surface area contributed by atoms with Crippen LogP contribution in [0.25, 0.3) is 66.3 Å². The van der Waals surface area contributed by atoms with Gasteiger partial charge in [-0.1, -0.05) is 132 Å². The maximum Gasteiger partial charge on any atom is 0.0847 e. The number of aryl methyl sites for hydroxylation is 4. The van der Waals surface area contributed by atoms with Gasteiger partial charge in [0.1, 0.15) is 0 Å². The van der Waals surface area contributed by atoms with Gasteiger partial charge in [0.15, 0.2) is 0 Å². The van der Waals surface area contributed by atoms with Crippen LogP contribution in [0.5, 0.6) is 0 Å². The minimum Gasteiger partial charge on any atom is -0.506 e. The topological polar surface area (TPSA) is 51.8 Å². The van der Waals surface area contributed by atoms with Crippen LogP contribution >= 0.6 is 0 Å². The van der Waals surface area contributed by atoms with Gasteiger partial charge in [0.25, 0.3) is 0 Å². The predicted octanol–water partition coefficient (Wildman–Crippen LogP) is 13.0. The van der Waals surface area contributed by atoms with Gasteiger partial charge in [0, 0.05) is 61.1 Å². The van der Waals surface area contributed by atoms with E-state index >= 15 is 0 Å². The van der Waals surface area contributed by atoms with Crippen LogP contribution in [0.1, 0.15) is 75.1 Å². The molecule has 275 valence electrons. The molecule has 0 N–H and O–H groups in total. The third-order valence-corrected chi connectivity index (χ3v) is 10.2. The van der Waals surface area contributed by atoms with Crippen LogP contribution in [0.15, 0.2) is 108 Å². The standard InChI is InChI=1S/C34H31N2O.C15H16N.Ir/c1-33(2,3)25-12-11-21-18-23(10-9-22(21)19-25)26-8-7-16-35-30(26)28-20-24-15-17-37-32(24)31-27(28)13-14-29(36-31)34(4,5)6;1-10-5-6-14(7-11(10)2)15-8-12(3)13(4)9-16-15;/h7-19H,1-6H3;5,7-9H,1-4H3;/q2*-1;. The molecule has 0 saturated carbocycles. The molecule has 4 aromatic carbocycles. The van der Waals surface area contributed by atoms with Gasteiger partial charge in [-0.25, -0.2) is 0 Å². The van der Waals surface area contributed by atoms with Crippen LogP contribution in [-0.2, 0) is 30.9 Å². The molecular formula is C49H47IrN3O-2. The van der Waals surface area contributed by atoms with Gasteiger partial charge in [-0.3, -0.25) is 9.97 Å². The Bertz CT molecular complexity index is 2590. The molecule has 0 amide bonds.